The second-order valence-electron chi connectivity index (χ2n) is 5.31. The van der Waals surface area contributed by atoms with Gasteiger partial charge in [0.15, 0.2) is 6.10 Å². The van der Waals surface area contributed by atoms with Crippen LogP contribution in [0, 0.1) is 6.92 Å². The lowest BCUT2D eigenvalue weighted by Crippen LogP contribution is -2.29. The molecule has 0 fully saturated rings. The summed E-state index contributed by atoms with van der Waals surface area (Å²) in [5.41, 5.74) is 0.612. The number of carbonyl (C=O) groups excluding carboxylic acids is 2. The Labute approximate surface area is 151 Å². The zero-order valence-corrected chi connectivity index (χ0v) is 15.3. The quantitative estimate of drug-likeness (QED) is 0.599. The van der Waals surface area contributed by atoms with Crippen molar-refractivity contribution in [3.05, 3.63) is 52.2 Å². The number of aryl methyl sites for hydroxylation is 1. The molecular weight excluding hydrogens is 338 g/mol. The summed E-state index contributed by atoms with van der Waals surface area (Å²) in [6.07, 6.45) is 2.11. The van der Waals surface area contributed by atoms with Crippen molar-refractivity contribution < 1.29 is 19.1 Å². The first kappa shape index (κ1) is 18.7. The van der Waals surface area contributed by atoms with Crippen LogP contribution in [0.25, 0.3) is 6.08 Å². The van der Waals surface area contributed by atoms with E-state index in [0.29, 0.717) is 12.3 Å². The smallest absolute Gasteiger partial charge is 0.331 e. The van der Waals surface area contributed by atoms with Gasteiger partial charge in [0.2, 0.25) is 0 Å². The Morgan fingerprint density at radius 2 is 1.92 bits per heavy atom. The minimum absolute atomic E-state index is 0.391. The third kappa shape index (κ3) is 6.08. The van der Waals surface area contributed by atoms with Gasteiger partial charge >= 0.3 is 5.97 Å². The van der Waals surface area contributed by atoms with E-state index in [-0.39, 0.29) is 0 Å². The van der Waals surface area contributed by atoms with Crippen molar-refractivity contribution in [3.63, 3.8) is 0 Å². The Morgan fingerprint density at radius 1 is 1.20 bits per heavy atom. The van der Waals surface area contributed by atoms with E-state index in [4.69, 9.17) is 9.47 Å². The predicted octanol–water partition coefficient (Wildman–Crippen LogP) is 4.04. The molecule has 0 spiro atoms. The van der Waals surface area contributed by atoms with Crippen molar-refractivity contribution in [2.45, 2.75) is 26.9 Å². The maximum atomic E-state index is 12.1. The Balaban J connectivity index is 1.84. The highest BCUT2D eigenvalue weighted by atomic mass is 32.1. The Bertz CT molecular complexity index is 749. The SMILES string of the molecule is CCOc1ccc(NC(=O)[C@@H](C)OC(=O)/C=C/c2ccc(C)s2)cc1. The first-order valence-corrected chi connectivity index (χ1v) is 8.78. The zero-order chi connectivity index (χ0) is 18.2. The predicted molar refractivity (Wildman–Crippen MR) is 99.9 cm³/mol. The molecule has 132 valence electrons. The summed E-state index contributed by atoms with van der Waals surface area (Å²) in [5.74, 6) is -0.216. The largest absolute Gasteiger partial charge is 0.494 e. The van der Waals surface area contributed by atoms with Crippen molar-refractivity contribution in [1.29, 1.82) is 0 Å². The number of anilines is 1. The van der Waals surface area contributed by atoms with Crippen LogP contribution in [0.1, 0.15) is 23.6 Å². The highest BCUT2D eigenvalue weighted by Gasteiger charge is 2.16. The molecule has 5 nitrogen and oxygen atoms in total. The molecule has 0 aliphatic rings. The van der Waals surface area contributed by atoms with Gasteiger partial charge in [-0.2, -0.15) is 0 Å². The van der Waals surface area contributed by atoms with Crippen LogP contribution < -0.4 is 10.1 Å². The van der Waals surface area contributed by atoms with Crippen molar-refractivity contribution >= 4 is 35.0 Å². The molecule has 0 saturated carbocycles. The first-order chi connectivity index (χ1) is 12.0. The van der Waals surface area contributed by atoms with Crippen LogP contribution in [0.15, 0.2) is 42.5 Å². The van der Waals surface area contributed by atoms with Gasteiger partial charge in [-0.1, -0.05) is 0 Å². The maximum Gasteiger partial charge on any atom is 0.331 e. The number of esters is 1. The second kappa shape index (κ2) is 9.03. The topological polar surface area (TPSA) is 64.6 Å². The summed E-state index contributed by atoms with van der Waals surface area (Å²) in [6, 6.07) is 10.9. The number of thiophene rings is 1. The van der Waals surface area contributed by atoms with Crippen LogP contribution in [0.5, 0.6) is 5.75 Å². The molecule has 1 aromatic heterocycles. The van der Waals surface area contributed by atoms with Crippen LogP contribution >= 0.6 is 11.3 Å². The van der Waals surface area contributed by atoms with Crippen LogP contribution in [0.4, 0.5) is 5.69 Å². The van der Waals surface area contributed by atoms with Gasteiger partial charge in [-0.3, -0.25) is 4.79 Å². The fraction of sp³-hybridized carbons (Fsp3) is 0.263. The lowest BCUT2D eigenvalue weighted by molar-refractivity contribution is -0.148. The fourth-order valence-electron chi connectivity index (χ4n) is 2.01. The van der Waals surface area contributed by atoms with Crippen molar-refractivity contribution in [3.8, 4) is 5.75 Å². The summed E-state index contributed by atoms with van der Waals surface area (Å²) >= 11 is 1.58. The number of rotatable bonds is 7. The summed E-state index contributed by atoms with van der Waals surface area (Å²) in [5, 5.41) is 2.70. The van der Waals surface area contributed by atoms with Gasteiger partial charge < -0.3 is 14.8 Å². The molecule has 1 N–H and O–H groups in total. The van der Waals surface area contributed by atoms with E-state index in [1.165, 1.54) is 13.0 Å². The number of hydrogen-bond donors (Lipinski definition) is 1. The minimum Gasteiger partial charge on any atom is -0.494 e. The molecular formula is C19H21NO4S. The minimum atomic E-state index is -0.895. The van der Waals surface area contributed by atoms with Gasteiger partial charge in [0.25, 0.3) is 5.91 Å². The second-order valence-corrected chi connectivity index (χ2v) is 6.63. The standard InChI is InChI=1S/C19H21NO4S/c1-4-23-16-8-6-15(7-9-16)20-19(22)14(3)24-18(21)12-11-17-10-5-13(2)25-17/h5-12,14H,4H2,1-3H3,(H,20,22)/b12-11+/t14-/m1/s1. The van der Waals surface area contributed by atoms with E-state index in [0.717, 1.165) is 15.5 Å². The summed E-state index contributed by atoms with van der Waals surface area (Å²) in [4.78, 5) is 26.0. The van der Waals surface area contributed by atoms with Crippen LogP contribution in [-0.4, -0.2) is 24.6 Å². The van der Waals surface area contributed by atoms with Crippen molar-refractivity contribution in [2.24, 2.45) is 0 Å². The number of carbonyl (C=O) groups is 2. The Morgan fingerprint density at radius 3 is 2.52 bits per heavy atom. The molecule has 0 saturated heterocycles. The van der Waals surface area contributed by atoms with Crippen LogP contribution in [-0.2, 0) is 14.3 Å². The first-order valence-electron chi connectivity index (χ1n) is 7.96. The summed E-state index contributed by atoms with van der Waals surface area (Å²) < 4.78 is 10.5. The Hall–Kier alpha value is -2.60. The number of nitrogens with one attached hydrogen (secondary N) is 1. The average Bonchev–Trinajstić information content (AvgIpc) is 3.00. The molecule has 1 amide bonds. The molecule has 2 rings (SSSR count). The number of amides is 1. The molecule has 6 heteroatoms. The molecule has 1 aromatic carbocycles. The molecule has 0 radical (unpaired) electrons. The van der Waals surface area contributed by atoms with Crippen LogP contribution in [0.3, 0.4) is 0 Å². The van der Waals surface area contributed by atoms with Crippen LogP contribution in [0.2, 0.25) is 0 Å². The highest BCUT2D eigenvalue weighted by Crippen LogP contribution is 2.17. The molecule has 0 unspecified atom stereocenters. The van der Waals surface area contributed by atoms with E-state index in [1.807, 2.05) is 26.0 Å². The maximum absolute atomic E-state index is 12.1. The average molecular weight is 359 g/mol. The molecule has 1 heterocycles. The molecule has 25 heavy (non-hydrogen) atoms. The summed E-state index contributed by atoms with van der Waals surface area (Å²) in [7, 11) is 0. The third-order valence-electron chi connectivity index (χ3n) is 3.24. The van der Waals surface area contributed by atoms with E-state index in [2.05, 4.69) is 5.32 Å². The highest BCUT2D eigenvalue weighted by molar-refractivity contribution is 7.12. The zero-order valence-electron chi connectivity index (χ0n) is 14.4. The lowest BCUT2D eigenvalue weighted by Gasteiger charge is -2.12. The van der Waals surface area contributed by atoms with E-state index < -0.39 is 18.0 Å². The van der Waals surface area contributed by atoms with Crippen molar-refractivity contribution in [2.75, 3.05) is 11.9 Å². The van der Waals surface area contributed by atoms with Gasteiger partial charge in [0, 0.05) is 21.5 Å². The van der Waals surface area contributed by atoms with E-state index >= 15 is 0 Å². The number of benzene rings is 1. The molecule has 0 aliphatic carbocycles. The molecule has 1 atom stereocenters. The molecule has 0 bridgehead atoms. The van der Waals surface area contributed by atoms with E-state index in [9.17, 15) is 9.59 Å². The normalized spacial score (nSPS) is 12.0. The Kier molecular flexibility index (Phi) is 6.77. The monoisotopic (exact) mass is 359 g/mol. The molecule has 0 aliphatic heterocycles. The van der Waals surface area contributed by atoms with Gasteiger partial charge in [-0.05, 0) is 63.2 Å². The third-order valence-corrected chi connectivity index (χ3v) is 4.21. The molecule has 2 aromatic rings. The number of ether oxygens (including phenoxy) is 2. The van der Waals surface area contributed by atoms with Gasteiger partial charge in [0.05, 0.1) is 6.61 Å². The van der Waals surface area contributed by atoms with Crippen molar-refractivity contribution in [1.82, 2.24) is 0 Å². The lowest BCUT2D eigenvalue weighted by atomic mass is 10.3. The summed E-state index contributed by atoms with van der Waals surface area (Å²) in [6.45, 7) is 6.01. The van der Waals surface area contributed by atoms with Gasteiger partial charge in [-0.15, -0.1) is 11.3 Å². The van der Waals surface area contributed by atoms with Gasteiger partial charge in [0.1, 0.15) is 5.75 Å². The number of hydrogen-bond acceptors (Lipinski definition) is 5. The fourth-order valence-corrected chi connectivity index (χ4v) is 2.79. The van der Waals surface area contributed by atoms with E-state index in [1.54, 1.807) is 41.7 Å². The van der Waals surface area contributed by atoms with Gasteiger partial charge in [-0.25, -0.2) is 4.79 Å².